The number of aromatic nitrogens is 1. The van der Waals surface area contributed by atoms with Gasteiger partial charge in [0.05, 0.1) is 13.2 Å². The fourth-order valence-electron chi connectivity index (χ4n) is 2.83. The molecule has 1 aliphatic rings. The minimum absolute atomic E-state index is 0.362. The first-order valence-electron chi connectivity index (χ1n) is 7.88. The molecule has 6 nitrogen and oxygen atoms in total. The van der Waals surface area contributed by atoms with E-state index >= 15 is 0 Å². The number of methoxy groups -OCH3 is 1. The summed E-state index contributed by atoms with van der Waals surface area (Å²) >= 11 is 0. The van der Waals surface area contributed by atoms with Gasteiger partial charge in [-0.3, -0.25) is 0 Å². The summed E-state index contributed by atoms with van der Waals surface area (Å²) in [6.45, 7) is 0.956. The van der Waals surface area contributed by atoms with E-state index in [-0.39, 0.29) is 0 Å². The third-order valence-corrected chi connectivity index (χ3v) is 4.01. The number of hydrogen-bond donors (Lipinski definition) is 2. The number of nitrogens with zero attached hydrogens (tertiary/aromatic N) is 2. The van der Waals surface area contributed by atoms with Crippen molar-refractivity contribution in [2.24, 2.45) is 10.7 Å². The first-order chi connectivity index (χ1) is 11.3. The quantitative estimate of drug-likeness (QED) is 0.654. The number of hydrogen-bond acceptors (Lipinski definition) is 4. The van der Waals surface area contributed by atoms with Crippen LogP contribution >= 0.6 is 0 Å². The molecule has 0 aliphatic heterocycles. The summed E-state index contributed by atoms with van der Waals surface area (Å²) in [6, 6.07) is 7.86. The van der Waals surface area contributed by atoms with Crippen LogP contribution < -0.4 is 11.1 Å². The highest BCUT2D eigenvalue weighted by molar-refractivity contribution is 5.92. The van der Waals surface area contributed by atoms with E-state index in [1.165, 1.54) is 18.4 Å². The highest BCUT2D eigenvalue weighted by Crippen LogP contribution is 2.24. The minimum Gasteiger partial charge on any atom is -0.380 e. The second kappa shape index (κ2) is 7.28. The Bertz CT molecular complexity index is 694. The van der Waals surface area contributed by atoms with E-state index in [0.717, 1.165) is 35.5 Å². The zero-order chi connectivity index (χ0) is 16.1. The monoisotopic (exact) mass is 314 g/mol. The highest BCUT2D eigenvalue weighted by atomic mass is 16.5. The third-order valence-electron chi connectivity index (χ3n) is 4.01. The molecule has 3 rings (SSSR count). The van der Waals surface area contributed by atoms with E-state index < -0.39 is 0 Å². The molecular weight excluding hydrogens is 292 g/mol. The Morgan fingerprint density at radius 2 is 2.17 bits per heavy atom. The van der Waals surface area contributed by atoms with Crippen molar-refractivity contribution < 1.29 is 9.26 Å². The van der Waals surface area contributed by atoms with Gasteiger partial charge in [-0.05, 0) is 25.3 Å². The van der Waals surface area contributed by atoms with Crippen molar-refractivity contribution in [3.05, 3.63) is 46.8 Å². The van der Waals surface area contributed by atoms with Gasteiger partial charge in [0.15, 0.2) is 5.96 Å². The number of guanidine groups is 1. The van der Waals surface area contributed by atoms with Crippen molar-refractivity contribution in [3.8, 4) is 0 Å². The number of anilines is 1. The van der Waals surface area contributed by atoms with Crippen LogP contribution in [0.5, 0.6) is 0 Å². The molecule has 23 heavy (non-hydrogen) atoms. The molecule has 0 fully saturated rings. The lowest BCUT2D eigenvalue weighted by molar-refractivity contribution is 0.185. The smallest absolute Gasteiger partial charge is 0.193 e. The topological polar surface area (TPSA) is 85.7 Å². The first-order valence-corrected chi connectivity index (χ1v) is 7.88. The summed E-state index contributed by atoms with van der Waals surface area (Å²) in [7, 11) is 1.67. The van der Waals surface area contributed by atoms with Gasteiger partial charge in [-0.1, -0.05) is 23.4 Å². The third kappa shape index (κ3) is 3.71. The van der Waals surface area contributed by atoms with Gasteiger partial charge >= 0.3 is 0 Å². The molecule has 1 aromatic heterocycles. The number of aryl methyl sites for hydroxylation is 1. The van der Waals surface area contributed by atoms with Gasteiger partial charge in [-0.25, -0.2) is 4.99 Å². The predicted molar refractivity (Wildman–Crippen MR) is 89.2 cm³/mol. The van der Waals surface area contributed by atoms with E-state index in [2.05, 4.69) is 15.5 Å². The lowest BCUT2D eigenvalue weighted by Crippen LogP contribution is -2.23. The van der Waals surface area contributed by atoms with Crippen molar-refractivity contribution in [2.45, 2.75) is 38.8 Å². The van der Waals surface area contributed by atoms with Crippen molar-refractivity contribution in [2.75, 3.05) is 12.4 Å². The summed E-state index contributed by atoms with van der Waals surface area (Å²) in [6.07, 6.45) is 4.35. The molecule has 1 heterocycles. The first kappa shape index (κ1) is 15.6. The van der Waals surface area contributed by atoms with Gasteiger partial charge in [0.1, 0.15) is 11.5 Å². The lowest BCUT2D eigenvalue weighted by atomic mass is 9.96. The number of benzene rings is 1. The molecule has 1 aliphatic carbocycles. The molecular formula is C17H22N4O2. The van der Waals surface area contributed by atoms with Crippen LogP contribution in [0.25, 0.3) is 0 Å². The van der Waals surface area contributed by atoms with E-state index in [9.17, 15) is 0 Å². The van der Waals surface area contributed by atoms with E-state index in [1.54, 1.807) is 7.11 Å². The maximum absolute atomic E-state index is 6.00. The van der Waals surface area contributed by atoms with Crippen molar-refractivity contribution in [1.29, 1.82) is 0 Å². The molecule has 3 N–H and O–H groups in total. The fourth-order valence-corrected chi connectivity index (χ4v) is 2.83. The van der Waals surface area contributed by atoms with Gasteiger partial charge in [0.2, 0.25) is 0 Å². The van der Waals surface area contributed by atoms with Crippen LogP contribution in [0, 0.1) is 0 Å². The Hall–Kier alpha value is -2.34. The standard InChI is InChI=1S/C17H22N4O2/c1-22-11-12-6-2-4-8-14(12)20-17(18)19-10-15-13-7-3-5-9-16(13)23-21-15/h2,4,6,8H,3,5,7,9-11H2,1H3,(H3,18,19,20). The highest BCUT2D eigenvalue weighted by Gasteiger charge is 2.18. The van der Waals surface area contributed by atoms with Crippen LogP contribution in [0.15, 0.2) is 33.8 Å². The SMILES string of the molecule is COCc1ccccc1NC(N)=NCc1noc2c1CCCC2. The molecule has 0 spiro atoms. The summed E-state index contributed by atoms with van der Waals surface area (Å²) in [4.78, 5) is 4.39. The number of para-hydroxylation sites is 1. The Balaban J connectivity index is 1.68. The number of ether oxygens (including phenoxy) is 1. The zero-order valence-electron chi connectivity index (χ0n) is 13.3. The molecule has 0 bridgehead atoms. The number of nitrogens with one attached hydrogen (secondary N) is 1. The van der Waals surface area contributed by atoms with Crippen LogP contribution in [0.3, 0.4) is 0 Å². The molecule has 0 unspecified atom stereocenters. The second-order valence-electron chi connectivity index (χ2n) is 5.65. The summed E-state index contributed by atoms with van der Waals surface area (Å²) in [5.41, 5.74) is 10.1. The average molecular weight is 314 g/mol. The number of aliphatic imine (C=N–C) groups is 1. The summed E-state index contributed by atoms with van der Waals surface area (Å²) in [5.74, 6) is 1.37. The maximum atomic E-state index is 6.00. The van der Waals surface area contributed by atoms with Crippen LogP contribution in [-0.2, 0) is 30.7 Å². The van der Waals surface area contributed by atoms with Crippen LogP contribution in [0.1, 0.15) is 35.4 Å². The van der Waals surface area contributed by atoms with Gasteiger partial charge < -0.3 is 20.3 Å². The average Bonchev–Trinajstić information content (AvgIpc) is 2.98. The molecule has 0 atom stereocenters. The molecule has 0 radical (unpaired) electrons. The van der Waals surface area contributed by atoms with Crippen molar-refractivity contribution in [3.63, 3.8) is 0 Å². The van der Waals surface area contributed by atoms with Crippen molar-refractivity contribution in [1.82, 2.24) is 5.16 Å². The second-order valence-corrected chi connectivity index (χ2v) is 5.65. The summed E-state index contributed by atoms with van der Waals surface area (Å²) in [5, 5.41) is 7.27. The predicted octanol–water partition coefficient (Wildman–Crippen LogP) is 2.63. The van der Waals surface area contributed by atoms with Gasteiger partial charge in [0, 0.05) is 30.3 Å². The number of fused-ring (bicyclic) bond motifs is 1. The molecule has 0 amide bonds. The Kier molecular flexibility index (Phi) is 4.92. The van der Waals surface area contributed by atoms with E-state index in [0.29, 0.717) is 19.1 Å². The Morgan fingerprint density at radius 1 is 1.35 bits per heavy atom. The van der Waals surface area contributed by atoms with E-state index in [1.807, 2.05) is 24.3 Å². The Morgan fingerprint density at radius 3 is 3.04 bits per heavy atom. The Labute approximate surface area is 135 Å². The van der Waals surface area contributed by atoms with Gasteiger partial charge in [-0.15, -0.1) is 0 Å². The van der Waals surface area contributed by atoms with Crippen molar-refractivity contribution >= 4 is 11.6 Å². The number of rotatable bonds is 5. The van der Waals surface area contributed by atoms with Crippen LogP contribution in [-0.4, -0.2) is 18.2 Å². The number of nitrogens with two attached hydrogens (primary N) is 1. The van der Waals surface area contributed by atoms with Crippen LogP contribution in [0.2, 0.25) is 0 Å². The minimum atomic E-state index is 0.362. The molecule has 2 aromatic rings. The zero-order valence-corrected chi connectivity index (χ0v) is 13.3. The molecule has 0 saturated heterocycles. The molecule has 122 valence electrons. The maximum Gasteiger partial charge on any atom is 0.193 e. The molecule has 0 saturated carbocycles. The van der Waals surface area contributed by atoms with Gasteiger partial charge in [0.25, 0.3) is 0 Å². The van der Waals surface area contributed by atoms with Gasteiger partial charge in [-0.2, -0.15) is 0 Å². The lowest BCUT2D eigenvalue weighted by Gasteiger charge is -2.11. The molecule has 1 aromatic carbocycles. The van der Waals surface area contributed by atoms with E-state index in [4.69, 9.17) is 15.0 Å². The fraction of sp³-hybridized carbons (Fsp3) is 0.412. The van der Waals surface area contributed by atoms with Crippen LogP contribution in [0.4, 0.5) is 5.69 Å². The summed E-state index contributed by atoms with van der Waals surface area (Å²) < 4.78 is 10.6. The largest absolute Gasteiger partial charge is 0.380 e. The normalized spacial score (nSPS) is 14.6. The molecule has 6 heteroatoms.